The molecule has 2 unspecified atom stereocenters. The second-order valence-corrected chi connectivity index (χ2v) is 8.12. The van der Waals surface area contributed by atoms with Gasteiger partial charge in [-0.1, -0.05) is 24.3 Å². The number of nitrogens with zero attached hydrogens (tertiary/aromatic N) is 3. The number of aliphatic hydroxyl groups is 2. The van der Waals surface area contributed by atoms with Crippen molar-refractivity contribution in [1.29, 1.82) is 0 Å². The highest BCUT2D eigenvalue weighted by molar-refractivity contribution is 5.30. The molecule has 1 aliphatic rings. The van der Waals surface area contributed by atoms with E-state index in [9.17, 15) is 18.3 Å². The van der Waals surface area contributed by atoms with Gasteiger partial charge in [0, 0.05) is 25.6 Å². The van der Waals surface area contributed by atoms with Crippen LogP contribution in [-0.2, 0) is 18.3 Å². The molecular weight excluding hydrogens is 385 g/mol. The quantitative estimate of drug-likeness (QED) is 0.679. The number of alkyl halides is 3. The third-order valence-electron chi connectivity index (χ3n) is 5.50. The van der Waals surface area contributed by atoms with Gasteiger partial charge in [-0.05, 0) is 43.4 Å². The first-order valence-corrected chi connectivity index (χ1v) is 9.78. The van der Waals surface area contributed by atoms with Crippen molar-refractivity contribution in [1.82, 2.24) is 20.3 Å². The molecule has 3 N–H and O–H groups in total. The molecule has 160 valence electrons. The van der Waals surface area contributed by atoms with Crippen LogP contribution in [0.15, 0.2) is 30.5 Å². The molecule has 1 aromatic heterocycles. The van der Waals surface area contributed by atoms with Crippen LogP contribution in [0.5, 0.6) is 0 Å². The smallest absolute Gasteiger partial charge is 0.396 e. The zero-order valence-electron chi connectivity index (χ0n) is 16.5. The van der Waals surface area contributed by atoms with Crippen molar-refractivity contribution < 1.29 is 23.4 Å². The van der Waals surface area contributed by atoms with Crippen LogP contribution >= 0.6 is 0 Å². The maximum atomic E-state index is 12.8. The lowest BCUT2D eigenvalue weighted by Crippen LogP contribution is -2.47. The Morgan fingerprint density at radius 2 is 1.97 bits per heavy atom. The summed E-state index contributed by atoms with van der Waals surface area (Å²) in [5, 5.41) is 32.1. The molecule has 29 heavy (non-hydrogen) atoms. The number of aromatic nitrogens is 3. The lowest BCUT2D eigenvalue weighted by Gasteiger charge is -2.40. The van der Waals surface area contributed by atoms with Gasteiger partial charge in [-0.3, -0.25) is 4.68 Å². The van der Waals surface area contributed by atoms with Crippen LogP contribution in [-0.4, -0.2) is 37.9 Å². The minimum absolute atomic E-state index is 0.0550. The monoisotopic (exact) mass is 412 g/mol. The normalized spacial score (nSPS) is 26.4. The molecule has 1 aromatic carbocycles. The fourth-order valence-corrected chi connectivity index (χ4v) is 3.81. The number of benzene rings is 1. The summed E-state index contributed by atoms with van der Waals surface area (Å²) in [6.45, 7) is 4.62. The Hall–Kier alpha value is -1.97. The first kappa shape index (κ1) is 21.7. The van der Waals surface area contributed by atoms with Gasteiger partial charge in [-0.2, -0.15) is 13.2 Å². The molecule has 3 rings (SSSR count). The molecule has 9 heteroatoms. The van der Waals surface area contributed by atoms with Crippen LogP contribution in [0.3, 0.4) is 0 Å². The summed E-state index contributed by atoms with van der Waals surface area (Å²) in [5.74, 6) is 0.167. The molecule has 1 saturated heterocycles. The largest absolute Gasteiger partial charge is 0.416 e. The number of nitrogens with one attached hydrogen (secondary N) is 1. The average molecular weight is 412 g/mol. The summed E-state index contributed by atoms with van der Waals surface area (Å²) in [6, 6.07) is 4.40. The van der Waals surface area contributed by atoms with Crippen molar-refractivity contribution in [2.75, 3.05) is 6.61 Å². The molecule has 4 atom stereocenters. The van der Waals surface area contributed by atoms with E-state index in [0.29, 0.717) is 24.2 Å². The number of hydrogen-bond acceptors (Lipinski definition) is 5. The van der Waals surface area contributed by atoms with Gasteiger partial charge in [0.2, 0.25) is 0 Å². The number of aliphatic hydroxyl groups excluding tert-OH is 1. The second kappa shape index (κ2) is 8.41. The lowest BCUT2D eigenvalue weighted by atomic mass is 9.78. The number of halogens is 3. The zero-order chi connectivity index (χ0) is 21.2. The van der Waals surface area contributed by atoms with Gasteiger partial charge < -0.3 is 15.5 Å². The van der Waals surface area contributed by atoms with Gasteiger partial charge in [-0.15, -0.1) is 5.10 Å². The van der Waals surface area contributed by atoms with E-state index in [1.807, 2.05) is 20.0 Å². The van der Waals surface area contributed by atoms with Crippen molar-refractivity contribution in [3.63, 3.8) is 0 Å². The summed E-state index contributed by atoms with van der Waals surface area (Å²) in [6.07, 6.45) is -1.15. The van der Waals surface area contributed by atoms with Crippen molar-refractivity contribution in [3.05, 3.63) is 47.3 Å². The highest BCUT2D eigenvalue weighted by atomic mass is 19.4. The third kappa shape index (κ3) is 5.15. The lowest BCUT2D eigenvalue weighted by molar-refractivity contribution is -0.137. The molecule has 0 radical (unpaired) electrons. The number of piperidine rings is 1. The van der Waals surface area contributed by atoms with Crippen LogP contribution < -0.4 is 5.32 Å². The molecule has 0 spiro atoms. The summed E-state index contributed by atoms with van der Waals surface area (Å²) in [7, 11) is 0. The van der Waals surface area contributed by atoms with Gasteiger partial charge in [0.15, 0.2) is 0 Å². The first-order chi connectivity index (χ1) is 13.6. The van der Waals surface area contributed by atoms with Crippen LogP contribution in [0, 0.1) is 5.92 Å². The Morgan fingerprint density at radius 1 is 1.28 bits per heavy atom. The first-order valence-electron chi connectivity index (χ1n) is 9.78. The van der Waals surface area contributed by atoms with Crippen LogP contribution in [0.1, 0.15) is 56.0 Å². The Bertz CT molecular complexity index is 809. The van der Waals surface area contributed by atoms with Crippen LogP contribution in [0.25, 0.3) is 0 Å². The van der Waals surface area contributed by atoms with Gasteiger partial charge in [-0.25, -0.2) is 0 Å². The van der Waals surface area contributed by atoms with Gasteiger partial charge in [0.25, 0.3) is 0 Å². The van der Waals surface area contributed by atoms with E-state index in [4.69, 9.17) is 5.11 Å². The minimum Gasteiger partial charge on any atom is -0.396 e. The topological polar surface area (TPSA) is 83.2 Å². The molecular formula is C20H27F3N4O2. The Balaban J connectivity index is 1.75. The third-order valence-corrected chi connectivity index (χ3v) is 5.50. The zero-order valence-corrected chi connectivity index (χ0v) is 16.5. The number of hydrogen-bond donors (Lipinski definition) is 3. The van der Waals surface area contributed by atoms with Crippen LogP contribution in [0.4, 0.5) is 13.2 Å². The van der Waals surface area contributed by atoms with E-state index in [1.54, 1.807) is 4.68 Å². The van der Waals surface area contributed by atoms with Gasteiger partial charge in [0.05, 0.1) is 29.1 Å². The second-order valence-electron chi connectivity index (χ2n) is 8.12. The standard InChI is InChI=1S/C20H27F3N4O2/c1-13(12-28)7-8-27-11-18(25-26-27)17-10-19(29,9-14(2)24-17)15-3-5-16(6-4-15)20(21,22)23/h3-6,11,13-14,17,24,28-29H,7-10,12H2,1-2H3/t13?,14-,17-,19?/m0/s1. The van der Waals surface area contributed by atoms with Crippen LogP contribution in [0.2, 0.25) is 0 Å². The highest BCUT2D eigenvalue weighted by Crippen LogP contribution is 2.40. The SMILES string of the molecule is CC(CO)CCn1cc([C@@H]2CC(O)(c3ccc(C(F)(F)F)cc3)C[C@H](C)N2)nn1. The molecule has 0 aliphatic carbocycles. The molecule has 0 saturated carbocycles. The van der Waals surface area contributed by atoms with Crippen molar-refractivity contribution in [2.45, 2.75) is 63.5 Å². The fraction of sp³-hybridized carbons (Fsp3) is 0.600. The predicted molar refractivity (Wildman–Crippen MR) is 101 cm³/mol. The summed E-state index contributed by atoms with van der Waals surface area (Å²) >= 11 is 0. The molecule has 2 heterocycles. The van der Waals surface area contributed by atoms with Gasteiger partial charge in [0.1, 0.15) is 0 Å². The molecule has 2 aromatic rings. The molecule has 1 fully saturated rings. The van der Waals surface area contributed by atoms with E-state index in [-0.39, 0.29) is 31.0 Å². The van der Waals surface area contributed by atoms with E-state index < -0.39 is 17.3 Å². The minimum atomic E-state index is -4.41. The summed E-state index contributed by atoms with van der Waals surface area (Å²) in [5.41, 5.74) is -0.843. The van der Waals surface area contributed by atoms with E-state index >= 15 is 0 Å². The Morgan fingerprint density at radius 3 is 2.59 bits per heavy atom. The van der Waals surface area contributed by atoms with Crippen molar-refractivity contribution in [3.8, 4) is 0 Å². The number of aryl methyl sites for hydroxylation is 1. The van der Waals surface area contributed by atoms with Crippen molar-refractivity contribution >= 4 is 0 Å². The predicted octanol–water partition coefficient (Wildman–Crippen LogP) is 3.02. The van der Waals surface area contributed by atoms with E-state index in [1.165, 1.54) is 12.1 Å². The molecule has 6 nitrogen and oxygen atoms in total. The van der Waals surface area contributed by atoms with E-state index in [0.717, 1.165) is 18.6 Å². The Kier molecular flexibility index (Phi) is 6.30. The summed E-state index contributed by atoms with van der Waals surface area (Å²) < 4.78 is 40.2. The highest BCUT2D eigenvalue weighted by Gasteiger charge is 2.41. The molecule has 0 bridgehead atoms. The average Bonchev–Trinajstić information content (AvgIpc) is 3.14. The maximum Gasteiger partial charge on any atom is 0.416 e. The van der Waals surface area contributed by atoms with Gasteiger partial charge >= 0.3 is 6.18 Å². The Labute approximate surface area is 167 Å². The number of rotatable bonds is 6. The van der Waals surface area contributed by atoms with E-state index in [2.05, 4.69) is 15.6 Å². The maximum absolute atomic E-state index is 12.8. The summed E-state index contributed by atoms with van der Waals surface area (Å²) in [4.78, 5) is 0. The molecule has 0 amide bonds. The molecule has 1 aliphatic heterocycles. The van der Waals surface area contributed by atoms with Crippen molar-refractivity contribution in [2.24, 2.45) is 5.92 Å². The fourth-order valence-electron chi connectivity index (χ4n) is 3.81.